The zero-order chi connectivity index (χ0) is 13.8. The molecule has 4 heteroatoms. The molecule has 1 aromatic heterocycles. The van der Waals surface area contributed by atoms with Gasteiger partial charge < -0.3 is 10.1 Å². The average molecular weight is 340 g/mol. The Bertz CT molecular complexity index is 553. The highest BCUT2D eigenvalue weighted by molar-refractivity contribution is 9.10. The van der Waals surface area contributed by atoms with Crippen LogP contribution in [0.25, 0.3) is 0 Å². The van der Waals surface area contributed by atoms with E-state index in [4.69, 9.17) is 4.74 Å². The fraction of sp³-hybridized carbons (Fsp3) is 0.333. The van der Waals surface area contributed by atoms with Crippen LogP contribution >= 0.6 is 27.3 Å². The maximum atomic E-state index is 5.33. The van der Waals surface area contributed by atoms with Crippen molar-refractivity contribution in [2.75, 3.05) is 13.7 Å². The lowest BCUT2D eigenvalue weighted by Crippen LogP contribution is -2.22. The normalized spacial score (nSPS) is 12.4. The van der Waals surface area contributed by atoms with Gasteiger partial charge in [0.2, 0.25) is 0 Å². The molecule has 102 valence electrons. The van der Waals surface area contributed by atoms with Gasteiger partial charge in [0.05, 0.1) is 13.2 Å². The third kappa shape index (κ3) is 3.38. The number of ether oxygens (including phenoxy) is 1. The molecule has 1 unspecified atom stereocenters. The van der Waals surface area contributed by atoms with Gasteiger partial charge in [-0.25, -0.2) is 0 Å². The Morgan fingerprint density at radius 1 is 1.37 bits per heavy atom. The second-order valence-corrected chi connectivity index (χ2v) is 6.34. The summed E-state index contributed by atoms with van der Waals surface area (Å²) in [6.07, 6.45) is 0. The predicted molar refractivity (Wildman–Crippen MR) is 85.3 cm³/mol. The molecule has 19 heavy (non-hydrogen) atoms. The second-order valence-electron chi connectivity index (χ2n) is 4.37. The van der Waals surface area contributed by atoms with E-state index in [2.05, 4.69) is 52.6 Å². The van der Waals surface area contributed by atoms with Crippen molar-refractivity contribution in [3.8, 4) is 5.75 Å². The Morgan fingerprint density at radius 3 is 2.74 bits per heavy atom. The topological polar surface area (TPSA) is 21.3 Å². The Morgan fingerprint density at radius 2 is 2.16 bits per heavy atom. The van der Waals surface area contributed by atoms with Crippen LogP contribution < -0.4 is 10.1 Å². The van der Waals surface area contributed by atoms with Gasteiger partial charge in [-0.3, -0.25) is 0 Å². The first-order valence-corrected chi connectivity index (χ1v) is 7.94. The van der Waals surface area contributed by atoms with Gasteiger partial charge >= 0.3 is 0 Å². The Labute approximate surface area is 126 Å². The smallest absolute Gasteiger partial charge is 0.119 e. The summed E-state index contributed by atoms with van der Waals surface area (Å²) in [5.41, 5.74) is 2.51. The fourth-order valence-electron chi connectivity index (χ4n) is 2.10. The van der Waals surface area contributed by atoms with E-state index in [9.17, 15) is 0 Å². The zero-order valence-corrected chi connectivity index (χ0v) is 13.8. The van der Waals surface area contributed by atoms with Gasteiger partial charge in [-0.1, -0.05) is 22.9 Å². The highest BCUT2D eigenvalue weighted by atomic mass is 79.9. The minimum absolute atomic E-state index is 0.194. The van der Waals surface area contributed by atoms with Gasteiger partial charge in [0.15, 0.2) is 0 Å². The molecule has 0 aliphatic heterocycles. The largest absolute Gasteiger partial charge is 0.497 e. The maximum Gasteiger partial charge on any atom is 0.119 e. The maximum absolute atomic E-state index is 5.33. The molecular formula is C15H18BrNOS. The Balaban J connectivity index is 2.43. The van der Waals surface area contributed by atoms with E-state index in [0.29, 0.717) is 0 Å². The molecule has 1 heterocycles. The van der Waals surface area contributed by atoms with Crippen molar-refractivity contribution in [2.24, 2.45) is 0 Å². The monoisotopic (exact) mass is 339 g/mol. The molecule has 0 spiro atoms. The molecule has 0 radical (unpaired) electrons. The van der Waals surface area contributed by atoms with Crippen LogP contribution in [0.15, 0.2) is 34.1 Å². The lowest BCUT2D eigenvalue weighted by Gasteiger charge is -2.19. The van der Waals surface area contributed by atoms with Gasteiger partial charge in [0.1, 0.15) is 5.75 Å². The third-order valence-electron chi connectivity index (χ3n) is 3.01. The van der Waals surface area contributed by atoms with Gasteiger partial charge in [0.25, 0.3) is 0 Å². The van der Waals surface area contributed by atoms with E-state index >= 15 is 0 Å². The number of aryl methyl sites for hydroxylation is 1. The van der Waals surface area contributed by atoms with Crippen molar-refractivity contribution in [3.05, 3.63) is 50.1 Å². The first-order valence-electron chi connectivity index (χ1n) is 6.27. The first-order chi connectivity index (χ1) is 9.15. The number of hydrogen-bond donors (Lipinski definition) is 1. The number of rotatable bonds is 5. The molecule has 2 nitrogen and oxygen atoms in total. The minimum Gasteiger partial charge on any atom is -0.497 e. The molecule has 0 saturated heterocycles. The van der Waals surface area contributed by atoms with Crippen LogP contribution in [0.1, 0.15) is 29.0 Å². The van der Waals surface area contributed by atoms with Crippen LogP contribution in [0.2, 0.25) is 0 Å². The first kappa shape index (κ1) is 14.6. The predicted octanol–water partition coefficient (Wildman–Crippen LogP) is 4.53. The van der Waals surface area contributed by atoms with E-state index in [1.165, 1.54) is 16.0 Å². The van der Waals surface area contributed by atoms with Gasteiger partial charge in [-0.05, 0) is 54.2 Å². The van der Waals surface area contributed by atoms with E-state index in [-0.39, 0.29) is 6.04 Å². The van der Waals surface area contributed by atoms with Crippen molar-refractivity contribution in [3.63, 3.8) is 0 Å². The number of halogens is 1. The second kappa shape index (κ2) is 6.55. The summed E-state index contributed by atoms with van der Waals surface area (Å²) in [6.45, 7) is 5.18. The number of thiophene rings is 1. The molecule has 1 aromatic carbocycles. The van der Waals surface area contributed by atoms with Crippen LogP contribution in [0.5, 0.6) is 5.75 Å². The molecule has 0 fully saturated rings. The molecule has 0 aliphatic rings. The quantitative estimate of drug-likeness (QED) is 0.864. The summed E-state index contributed by atoms with van der Waals surface area (Å²) in [4.78, 5) is 1.33. The van der Waals surface area contributed by atoms with Crippen molar-refractivity contribution in [2.45, 2.75) is 19.9 Å². The van der Waals surface area contributed by atoms with E-state index in [1.54, 1.807) is 18.4 Å². The number of benzene rings is 1. The average Bonchev–Trinajstić information content (AvgIpc) is 2.83. The van der Waals surface area contributed by atoms with Crippen molar-refractivity contribution in [1.29, 1.82) is 0 Å². The summed E-state index contributed by atoms with van der Waals surface area (Å²) in [5, 5.41) is 5.76. The minimum atomic E-state index is 0.194. The summed E-state index contributed by atoms with van der Waals surface area (Å²) in [6, 6.07) is 8.53. The molecule has 0 bridgehead atoms. The molecule has 0 amide bonds. The molecule has 0 aliphatic carbocycles. The summed E-state index contributed by atoms with van der Waals surface area (Å²) >= 11 is 5.42. The van der Waals surface area contributed by atoms with Crippen molar-refractivity contribution in [1.82, 2.24) is 5.32 Å². The Kier molecular flexibility index (Phi) is 5.02. The number of nitrogens with one attached hydrogen (secondary N) is 1. The summed E-state index contributed by atoms with van der Waals surface area (Å²) in [5.74, 6) is 0.882. The van der Waals surface area contributed by atoms with Crippen molar-refractivity contribution < 1.29 is 4.74 Å². The molecule has 2 aromatic rings. The summed E-state index contributed by atoms with van der Waals surface area (Å²) in [7, 11) is 1.70. The van der Waals surface area contributed by atoms with E-state index in [0.717, 1.165) is 16.8 Å². The van der Waals surface area contributed by atoms with Crippen LogP contribution in [0.4, 0.5) is 0 Å². The molecular weight excluding hydrogens is 322 g/mol. The van der Waals surface area contributed by atoms with Gasteiger partial charge in [-0.15, -0.1) is 11.3 Å². The number of hydrogen-bond acceptors (Lipinski definition) is 3. The standard InChI is InChI=1S/C15H18BrNOS/c1-4-17-15(11-7-10(2)19-9-11)13-8-12(18-3)5-6-14(13)16/h5-9,15,17H,4H2,1-3H3. The number of methoxy groups -OCH3 is 1. The van der Waals surface area contributed by atoms with Crippen LogP contribution in [0, 0.1) is 6.92 Å². The zero-order valence-electron chi connectivity index (χ0n) is 11.4. The lowest BCUT2D eigenvalue weighted by molar-refractivity contribution is 0.413. The highest BCUT2D eigenvalue weighted by Crippen LogP contribution is 2.33. The third-order valence-corrected chi connectivity index (χ3v) is 4.61. The fourth-order valence-corrected chi connectivity index (χ4v) is 3.30. The molecule has 2 rings (SSSR count). The molecule has 0 saturated carbocycles. The van der Waals surface area contributed by atoms with Crippen LogP contribution in [-0.4, -0.2) is 13.7 Å². The van der Waals surface area contributed by atoms with Crippen molar-refractivity contribution >= 4 is 27.3 Å². The lowest BCUT2D eigenvalue weighted by atomic mass is 10.0. The van der Waals surface area contributed by atoms with Gasteiger partial charge in [-0.2, -0.15) is 0 Å². The van der Waals surface area contributed by atoms with E-state index < -0.39 is 0 Å². The van der Waals surface area contributed by atoms with Gasteiger partial charge in [0, 0.05) is 9.35 Å². The molecule has 1 N–H and O–H groups in total. The SMILES string of the molecule is CCNC(c1csc(C)c1)c1cc(OC)ccc1Br. The Hall–Kier alpha value is -0.840. The van der Waals surface area contributed by atoms with E-state index in [1.807, 2.05) is 12.1 Å². The summed E-state index contributed by atoms with van der Waals surface area (Å²) < 4.78 is 6.43. The highest BCUT2D eigenvalue weighted by Gasteiger charge is 2.17. The molecule has 1 atom stereocenters. The van der Waals surface area contributed by atoms with Crippen LogP contribution in [0.3, 0.4) is 0 Å². The van der Waals surface area contributed by atoms with Crippen LogP contribution in [-0.2, 0) is 0 Å².